The average molecular weight is 327 g/mol. The smallest absolute Gasteiger partial charge is 0.226 e. The average Bonchev–Trinajstić information content (AvgIpc) is 2.44. The van der Waals surface area contributed by atoms with E-state index in [0.717, 1.165) is 0 Å². The lowest BCUT2D eigenvalue weighted by Crippen LogP contribution is -2.16. The minimum absolute atomic E-state index is 0.188. The van der Waals surface area contributed by atoms with Gasteiger partial charge in [-0.05, 0) is 30.3 Å². The van der Waals surface area contributed by atoms with Crippen LogP contribution in [0.3, 0.4) is 0 Å². The number of carbonyl (C=O) groups excluding carboxylic acids is 1. The molecule has 2 rings (SSSR count). The van der Waals surface area contributed by atoms with Gasteiger partial charge in [-0.1, -0.05) is 35.3 Å². The largest absolute Gasteiger partial charge is 0.382 e. The summed E-state index contributed by atoms with van der Waals surface area (Å²) in [5.74, 6) is -0.568. The lowest BCUT2D eigenvalue weighted by molar-refractivity contribution is -0.115. The second-order valence-electron chi connectivity index (χ2n) is 4.33. The van der Waals surface area contributed by atoms with Crippen LogP contribution in [0.1, 0.15) is 6.42 Å². The van der Waals surface area contributed by atoms with Crippen molar-refractivity contribution in [1.29, 1.82) is 0 Å². The van der Waals surface area contributed by atoms with E-state index in [-0.39, 0.29) is 18.1 Å². The van der Waals surface area contributed by atoms with Crippen LogP contribution < -0.4 is 10.6 Å². The van der Waals surface area contributed by atoms with Crippen molar-refractivity contribution in [2.75, 3.05) is 17.2 Å². The molecule has 0 unspecified atom stereocenters. The summed E-state index contributed by atoms with van der Waals surface area (Å²) in [5, 5.41) is 6.41. The van der Waals surface area contributed by atoms with Gasteiger partial charge in [-0.15, -0.1) is 0 Å². The summed E-state index contributed by atoms with van der Waals surface area (Å²) in [7, 11) is 0. The van der Waals surface area contributed by atoms with Gasteiger partial charge in [0.2, 0.25) is 5.91 Å². The zero-order valence-electron chi connectivity index (χ0n) is 11.0. The fraction of sp³-hybridized carbons (Fsp3) is 0.133. The predicted octanol–water partition coefficient (Wildman–Crippen LogP) is 4.57. The van der Waals surface area contributed by atoms with Gasteiger partial charge in [-0.3, -0.25) is 4.79 Å². The molecule has 0 bridgehead atoms. The highest BCUT2D eigenvalue weighted by molar-refractivity contribution is 6.36. The Labute approximate surface area is 132 Å². The second kappa shape index (κ2) is 7.29. The molecule has 1 amide bonds. The van der Waals surface area contributed by atoms with Gasteiger partial charge in [0.25, 0.3) is 0 Å². The van der Waals surface area contributed by atoms with Crippen molar-refractivity contribution in [1.82, 2.24) is 0 Å². The van der Waals surface area contributed by atoms with E-state index in [1.165, 1.54) is 6.07 Å². The summed E-state index contributed by atoms with van der Waals surface area (Å²) in [6, 6.07) is 11.1. The maximum Gasteiger partial charge on any atom is 0.226 e. The van der Waals surface area contributed by atoms with Gasteiger partial charge in [0.1, 0.15) is 5.82 Å². The fourth-order valence-electron chi connectivity index (χ4n) is 1.72. The van der Waals surface area contributed by atoms with Crippen LogP contribution in [0, 0.1) is 5.82 Å². The van der Waals surface area contributed by atoms with E-state index in [1.807, 2.05) is 0 Å². The second-order valence-corrected chi connectivity index (χ2v) is 5.17. The quantitative estimate of drug-likeness (QED) is 0.844. The number of hydrogen-bond donors (Lipinski definition) is 2. The number of hydrogen-bond acceptors (Lipinski definition) is 2. The number of rotatable bonds is 5. The minimum atomic E-state index is -0.348. The van der Waals surface area contributed by atoms with Crippen molar-refractivity contribution < 1.29 is 9.18 Å². The van der Waals surface area contributed by atoms with Crippen LogP contribution in [0.5, 0.6) is 0 Å². The molecule has 110 valence electrons. The molecule has 0 aliphatic carbocycles. The Morgan fingerprint density at radius 3 is 2.57 bits per heavy atom. The molecule has 21 heavy (non-hydrogen) atoms. The van der Waals surface area contributed by atoms with Crippen LogP contribution in [-0.2, 0) is 4.79 Å². The summed E-state index contributed by atoms with van der Waals surface area (Å²) in [6.07, 6.45) is 0.188. The summed E-state index contributed by atoms with van der Waals surface area (Å²) in [6.45, 7) is 0.317. The van der Waals surface area contributed by atoms with Crippen LogP contribution in [0.25, 0.3) is 0 Å². The van der Waals surface area contributed by atoms with Crippen molar-refractivity contribution in [3.63, 3.8) is 0 Å². The Morgan fingerprint density at radius 1 is 1.10 bits per heavy atom. The highest BCUT2D eigenvalue weighted by Gasteiger charge is 2.07. The first-order valence-corrected chi connectivity index (χ1v) is 7.05. The molecule has 0 aromatic heterocycles. The van der Waals surface area contributed by atoms with E-state index < -0.39 is 0 Å². The van der Waals surface area contributed by atoms with Crippen molar-refractivity contribution in [2.24, 2.45) is 0 Å². The van der Waals surface area contributed by atoms with Crippen molar-refractivity contribution in [3.8, 4) is 0 Å². The molecular weight excluding hydrogens is 314 g/mol. The topological polar surface area (TPSA) is 41.1 Å². The minimum Gasteiger partial charge on any atom is -0.382 e. The molecule has 0 aliphatic rings. The third-order valence-electron chi connectivity index (χ3n) is 2.75. The van der Waals surface area contributed by atoms with E-state index in [4.69, 9.17) is 23.2 Å². The van der Waals surface area contributed by atoms with Gasteiger partial charge in [0, 0.05) is 18.0 Å². The molecule has 0 saturated heterocycles. The summed E-state index contributed by atoms with van der Waals surface area (Å²) in [5.41, 5.74) is 0.867. The Balaban J connectivity index is 1.84. The molecule has 0 heterocycles. The van der Waals surface area contributed by atoms with E-state index >= 15 is 0 Å². The molecule has 0 atom stereocenters. The number of amides is 1. The number of para-hydroxylation sites is 1. The Hall–Kier alpha value is -1.78. The Kier molecular flexibility index (Phi) is 5.42. The predicted molar refractivity (Wildman–Crippen MR) is 84.6 cm³/mol. The third kappa shape index (κ3) is 4.62. The first kappa shape index (κ1) is 15.6. The Morgan fingerprint density at radius 2 is 1.86 bits per heavy atom. The van der Waals surface area contributed by atoms with E-state index in [1.54, 1.807) is 36.4 Å². The first-order chi connectivity index (χ1) is 10.1. The van der Waals surface area contributed by atoms with Crippen LogP contribution >= 0.6 is 23.2 Å². The molecule has 2 N–H and O–H groups in total. The molecule has 2 aromatic rings. The van der Waals surface area contributed by atoms with Crippen LogP contribution in [0.15, 0.2) is 42.5 Å². The van der Waals surface area contributed by atoms with Crippen molar-refractivity contribution in [2.45, 2.75) is 6.42 Å². The molecule has 0 spiro atoms. The number of halogens is 3. The van der Waals surface area contributed by atoms with Gasteiger partial charge in [0.15, 0.2) is 0 Å². The molecule has 6 heteroatoms. The first-order valence-electron chi connectivity index (χ1n) is 6.29. The highest BCUT2D eigenvalue weighted by Crippen LogP contribution is 2.25. The molecule has 0 aliphatic heterocycles. The zero-order valence-corrected chi connectivity index (χ0v) is 12.5. The highest BCUT2D eigenvalue weighted by atomic mass is 35.5. The molecule has 2 aromatic carbocycles. The maximum atomic E-state index is 13.4. The van der Waals surface area contributed by atoms with Gasteiger partial charge >= 0.3 is 0 Å². The van der Waals surface area contributed by atoms with Crippen LogP contribution in [-0.4, -0.2) is 12.5 Å². The van der Waals surface area contributed by atoms with Gasteiger partial charge in [-0.25, -0.2) is 4.39 Å². The lowest BCUT2D eigenvalue weighted by Gasteiger charge is -2.09. The normalized spacial score (nSPS) is 10.2. The number of nitrogens with one attached hydrogen (secondary N) is 2. The zero-order chi connectivity index (χ0) is 15.2. The van der Waals surface area contributed by atoms with E-state index in [0.29, 0.717) is 28.0 Å². The van der Waals surface area contributed by atoms with Crippen LogP contribution in [0.2, 0.25) is 10.0 Å². The van der Waals surface area contributed by atoms with E-state index in [9.17, 15) is 9.18 Å². The lowest BCUT2D eigenvalue weighted by atomic mass is 10.3. The monoisotopic (exact) mass is 326 g/mol. The molecular formula is C15H13Cl2FN2O. The third-order valence-corrected chi connectivity index (χ3v) is 3.29. The SMILES string of the molecule is O=C(CCNc1ccccc1F)Nc1ccc(Cl)cc1Cl. The molecule has 0 radical (unpaired) electrons. The molecule has 3 nitrogen and oxygen atoms in total. The van der Waals surface area contributed by atoms with E-state index in [2.05, 4.69) is 10.6 Å². The molecule has 0 fully saturated rings. The summed E-state index contributed by atoms with van der Waals surface area (Å²) in [4.78, 5) is 11.8. The molecule has 0 saturated carbocycles. The van der Waals surface area contributed by atoms with Gasteiger partial charge < -0.3 is 10.6 Å². The number of carbonyl (C=O) groups is 1. The van der Waals surface area contributed by atoms with Crippen LogP contribution in [0.4, 0.5) is 15.8 Å². The maximum absolute atomic E-state index is 13.4. The fourth-order valence-corrected chi connectivity index (χ4v) is 2.17. The van der Waals surface area contributed by atoms with Crippen molar-refractivity contribution in [3.05, 3.63) is 58.3 Å². The van der Waals surface area contributed by atoms with Gasteiger partial charge in [-0.2, -0.15) is 0 Å². The Bertz CT molecular complexity index is 649. The standard InChI is InChI=1S/C15H13Cl2FN2O/c16-10-5-6-13(11(17)9-10)20-15(21)7-8-19-14-4-2-1-3-12(14)18/h1-6,9,19H,7-8H2,(H,20,21). The summed E-state index contributed by atoms with van der Waals surface area (Å²) < 4.78 is 13.4. The van der Waals surface area contributed by atoms with Crippen molar-refractivity contribution >= 4 is 40.5 Å². The van der Waals surface area contributed by atoms with Gasteiger partial charge in [0.05, 0.1) is 16.4 Å². The summed E-state index contributed by atoms with van der Waals surface area (Å²) >= 11 is 11.7. The number of benzene rings is 2. The number of anilines is 2.